The zero-order valence-corrected chi connectivity index (χ0v) is 6.79. The molecule has 5 N–H and O–H groups in total. The predicted octanol–water partition coefficient (Wildman–Crippen LogP) is -1.42. The molecule has 4 nitrogen and oxygen atoms in total. The third kappa shape index (κ3) is 4.50. The van der Waals surface area contributed by atoms with Crippen LogP contribution >= 0.6 is 0 Å². The van der Waals surface area contributed by atoms with Gasteiger partial charge in [-0.05, 0) is 0 Å². The summed E-state index contributed by atoms with van der Waals surface area (Å²) in [5.41, 5.74) is 10.3. The Morgan fingerprint density at radius 3 is 2.75 bits per heavy atom. The normalized spacial score (nSPS) is 12.4. The number of nitrogens with two attached hydrogens (primary N) is 2. The van der Waals surface area contributed by atoms with E-state index in [2.05, 4.69) is 11.2 Å². The molecule has 0 aromatic heterocycles. The van der Waals surface area contributed by atoms with Gasteiger partial charge in [-0.1, -0.05) is 18.1 Å². The number of amides is 1. The molecular weight excluding hydrogens is 154 g/mol. The third-order valence-electron chi connectivity index (χ3n) is 1.15. The molecule has 12 heavy (non-hydrogen) atoms. The van der Waals surface area contributed by atoms with Crippen molar-refractivity contribution in [3.63, 3.8) is 0 Å². The first-order valence-electron chi connectivity index (χ1n) is 3.57. The van der Waals surface area contributed by atoms with Crippen molar-refractivity contribution < 1.29 is 4.79 Å². The molecule has 0 aromatic carbocycles. The van der Waals surface area contributed by atoms with Gasteiger partial charge in [-0.3, -0.25) is 4.79 Å². The highest BCUT2D eigenvalue weighted by atomic mass is 16.1. The van der Waals surface area contributed by atoms with Gasteiger partial charge in [0.25, 0.3) is 0 Å². The Bertz CT molecular complexity index is 205. The van der Waals surface area contributed by atoms with E-state index >= 15 is 0 Å². The fourth-order valence-electron chi connectivity index (χ4n) is 0.592. The lowest BCUT2D eigenvalue weighted by atomic mass is 10.2. The molecular formula is C8H13N3O. The van der Waals surface area contributed by atoms with Crippen molar-refractivity contribution in [2.45, 2.75) is 6.04 Å². The molecule has 0 bridgehead atoms. The minimum absolute atomic E-state index is 0.0609. The molecule has 1 atom stereocenters. The smallest absolute Gasteiger partial charge is 0.234 e. The second-order valence-electron chi connectivity index (χ2n) is 2.08. The SMILES string of the molecule is C#CC(C=CCN)NC(=O)CN. The second-order valence-corrected chi connectivity index (χ2v) is 2.08. The number of carbonyl (C=O) groups excluding carboxylic acids is 1. The van der Waals surface area contributed by atoms with E-state index in [1.165, 1.54) is 0 Å². The Morgan fingerprint density at radius 2 is 2.33 bits per heavy atom. The standard InChI is InChI=1S/C8H13N3O/c1-2-7(4-3-5-9)11-8(12)6-10/h1,3-4,7H,5-6,9-10H2,(H,11,12). The molecule has 0 spiro atoms. The summed E-state index contributed by atoms with van der Waals surface area (Å²) in [5.74, 6) is 2.09. The van der Waals surface area contributed by atoms with Gasteiger partial charge < -0.3 is 16.8 Å². The van der Waals surface area contributed by atoms with Crippen molar-refractivity contribution in [3.05, 3.63) is 12.2 Å². The fraction of sp³-hybridized carbons (Fsp3) is 0.375. The Morgan fingerprint density at radius 1 is 1.67 bits per heavy atom. The van der Waals surface area contributed by atoms with Crippen LogP contribution in [0.15, 0.2) is 12.2 Å². The molecule has 0 rings (SSSR count). The molecule has 0 aliphatic heterocycles. The van der Waals surface area contributed by atoms with Gasteiger partial charge >= 0.3 is 0 Å². The summed E-state index contributed by atoms with van der Waals surface area (Å²) in [7, 11) is 0. The topological polar surface area (TPSA) is 81.1 Å². The molecule has 0 aromatic rings. The van der Waals surface area contributed by atoms with Crippen LogP contribution in [0.1, 0.15) is 0 Å². The zero-order chi connectivity index (χ0) is 9.40. The summed E-state index contributed by atoms with van der Waals surface area (Å²) in [6.07, 6.45) is 8.45. The first kappa shape index (κ1) is 10.7. The summed E-state index contributed by atoms with van der Waals surface area (Å²) in [6, 6.07) is -0.412. The predicted molar refractivity (Wildman–Crippen MR) is 48.0 cm³/mol. The van der Waals surface area contributed by atoms with E-state index in [1.807, 2.05) is 0 Å². The highest BCUT2D eigenvalue weighted by Gasteiger charge is 2.02. The van der Waals surface area contributed by atoms with Gasteiger partial charge in [-0.2, -0.15) is 0 Å². The average molecular weight is 167 g/mol. The molecule has 4 heteroatoms. The van der Waals surface area contributed by atoms with Crippen LogP contribution in [0.5, 0.6) is 0 Å². The van der Waals surface area contributed by atoms with Crippen molar-refractivity contribution in [2.24, 2.45) is 11.5 Å². The second kappa shape index (κ2) is 6.40. The highest BCUT2D eigenvalue weighted by molar-refractivity contribution is 5.78. The lowest BCUT2D eigenvalue weighted by molar-refractivity contribution is -0.119. The van der Waals surface area contributed by atoms with Gasteiger partial charge in [-0.15, -0.1) is 6.42 Å². The molecule has 0 saturated carbocycles. The molecule has 0 heterocycles. The first-order valence-corrected chi connectivity index (χ1v) is 3.57. The maximum absolute atomic E-state index is 10.7. The van der Waals surface area contributed by atoms with E-state index in [1.54, 1.807) is 12.2 Å². The minimum Gasteiger partial charge on any atom is -0.338 e. The molecule has 1 unspecified atom stereocenters. The molecule has 0 saturated heterocycles. The average Bonchev–Trinajstić information content (AvgIpc) is 2.11. The lowest BCUT2D eigenvalue weighted by Gasteiger charge is -2.06. The molecule has 1 amide bonds. The molecule has 0 aliphatic rings. The van der Waals surface area contributed by atoms with E-state index in [4.69, 9.17) is 17.9 Å². The fourth-order valence-corrected chi connectivity index (χ4v) is 0.592. The number of carbonyl (C=O) groups is 1. The van der Waals surface area contributed by atoms with E-state index in [0.29, 0.717) is 6.54 Å². The summed E-state index contributed by atoms with van der Waals surface area (Å²) in [4.78, 5) is 10.7. The lowest BCUT2D eigenvalue weighted by Crippen LogP contribution is -2.36. The van der Waals surface area contributed by atoms with Gasteiger partial charge in [0.1, 0.15) is 6.04 Å². The van der Waals surface area contributed by atoms with E-state index in [-0.39, 0.29) is 12.5 Å². The maximum atomic E-state index is 10.7. The van der Waals surface area contributed by atoms with Crippen molar-refractivity contribution in [1.82, 2.24) is 5.32 Å². The summed E-state index contributed by atoms with van der Waals surface area (Å²) in [6.45, 7) is 0.339. The van der Waals surface area contributed by atoms with Gasteiger partial charge in [0.15, 0.2) is 0 Å². The number of hydrogen-bond donors (Lipinski definition) is 3. The summed E-state index contributed by atoms with van der Waals surface area (Å²) < 4.78 is 0. The number of nitrogens with one attached hydrogen (secondary N) is 1. The van der Waals surface area contributed by atoms with Crippen LogP contribution in [-0.2, 0) is 4.79 Å². The van der Waals surface area contributed by atoms with Gasteiger partial charge in [-0.25, -0.2) is 0 Å². The van der Waals surface area contributed by atoms with Crippen LogP contribution in [0.2, 0.25) is 0 Å². The number of rotatable bonds is 4. The van der Waals surface area contributed by atoms with Gasteiger partial charge in [0.2, 0.25) is 5.91 Å². The Kier molecular flexibility index (Phi) is 5.70. The van der Waals surface area contributed by atoms with Crippen LogP contribution in [0.3, 0.4) is 0 Å². The largest absolute Gasteiger partial charge is 0.338 e. The molecule has 0 fully saturated rings. The van der Waals surface area contributed by atoms with Crippen LogP contribution < -0.4 is 16.8 Å². The highest BCUT2D eigenvalue weighted by Crippen LogP contribution is 1.83. The quantitative estimate of drug-likeness (QED) is 0.355. The van der Waals surface area contributed by atoms with E-state index in [9.17, 15) is 4.79 Å². The number of hydrogen-bond acceptors (Lipinski definition) is 3. The zero-order valence-electron chi connectivity index (χ0n) is 6.79. The first-order chi connectivity index (χ1) is 5.74. The summed E-state index contributed by atoms with van der Waals surface area (Å²) >= 11 is 0. The molecule has 66 valence electrons. The number of terminal acetylenes is 1. The van der Waals surface area contributed by atoms with Crippen LogP contribution in [-0.4, -0.2) is 25.0 Å². The van der Waals surface area contributed by atoms with Crippen LogP contribution in [0, 0.1) is 12.3 Å². The van der Waals surface area contributed by atoms with Crippen LogP contribution in [0.25, 0.3) is 0 Å². The van der Waals surface area contributed by atoms with E-state index in [0.717, 1.165) is 0 Å². The third-order valence-corrected chi connectivity index (χ3v) is 1.15. The monoisotopic (exact) mass is 167 g/mol. The minimum atomic E-state index is -0.412. The summed E-state index contributed by atoms with van der Waals surface area (Å²) in [5, 5.41) is 2.51. The maximum Gasteiger partial charge on any atom is 0.234 e. The van der Waals surface area contributed by atoms with Crippen molar-refractivity contribution in [3.8, 4) is 12.3 Å². The van der Waals surface area contributed by atoms with Gasteiger partial charge in [0, 0.05) is 6.54 Å². The molecule has 0 radical (unpaired) electrons. The van der Waals surface area contributed by atoms with Crippen molar-refractivity contribution in [1.29, 1.82) is 0 Å². The van der Waals surface area contributed by atoms with E-state index < -0.39 is 6.04 Å². The Hall–Kier alpha value is -1.31. The Balaban J connectivity index is 3.93. The van der Waals surface area contributed by atoms with Crippen molar-refractivity contribution in [2.75, 3.05) is 13.1 Å². The molecule has 0 aliphatic carbocycles. The Labute approximate surface area is 72.0 Å². The van der Waals surface area contributed by atoms with Crippen LogP contribution in [0.4, 0.5) is 0 Å². The van der Waals surface area contributed by atoms with Crippen molar-refractivity contribution >= 4 is 5.91 Å². The van der Waals surface area contributed by atoms with Gasteiger partial charge in [0.05, 0.1) is 6.54 Å².